The Morgan fingerprint density at radius 3 is 2.74 bits per heavy atom. The fourth-order valence-electron chi connectivity index (χ4n) is 2.68. The Labute approximate surface area is 122 Å². The van der Waals surface area contributed by atoms with Gasteiger partial charge in [0.1, 0.15) is 0 Å². The second-order valence-electron chi connectivity index (χ2n) is 5.28. The monoisotopic (exact) mass is 308 g/mol. The molecule has 1 fully saturated rings. The fraction of sp³-hybridized carbons (Fsp3) is 1.00. The molecule has 1 aliphatic heterocycles. The molecule has 0 aliphatic carbocycles. The maximum Gasteiger partial charge on any atom is 0.211 e. The lowest BCUT2D eigenvalue weighted by Gasteiger charge is -2.33. The van der Waals surface area contributed by atoms with Gasteiger partial charge in [0.05, 0.1) is 6.26 Å². The van der Waals surface area contributed by atoms with E-state index < -0.39 is 10.0 Å². The fourth-order valence-corrected chi connectivity index (χ4v) is 4.40. The Hall–Kier alpha value is 0.220. The first kappa shape index (κ1) is 17.3. The number of nitrogens with one attached hydrogen (secondary N) is 1. The van der Waals surface area contributed by atoms with Gasteiger partial charge in [-0.3, -0.25) is 0 Å². The lowest BCUT2D eigenvalue weighted by Crippen LogP contribution is -2.42. The highest BCUT2D eigenvalue weighted by Gasteiger charge is 2.27. The van der Waals surface area contributed by atoms with Crippen LogP contribution in [0.3, 0.4) is 0 Å². The van der Waals surface area contributed by atoms with Crippen molar-refractivity contribution in [3.63, 3.8) is 0 Å². The number of thioether (sulfide) groups is 1. The Morgan fingerprint density at radius 2 is 2.16 bits per heavy atom. The minimum absolute atomic E-state index is 0.505. The molecule has 2 unspecified atom stereocenters. The molecular weight excluding hydrogens is 280 g/mol. The molecule has 1 heterocycles. The summed E-state index contributed by atoms with van der Waals surface area (Å²) in [6.07, 6.45) is 4.57. The number of sulfonamides is 1. The Kier molecular flexibility index (Phi) is 7.72. The van der Waals surface area contributed by atoms with Crippen molar-refractivity contribution in [3.05, 3.63) is 0 Å². The molecule has 1 saturated heterocycles. The number of piperidine rings is 1. The summed E-state index contributed by atoms with van der Waals surface area (Å²) in [6, 6.07) is 0.513. The van der Waals surface area contributed by atoms with Crippen LogP contribution in [0, 0.1) is 5.92 Å². The van der Waals surface area contributed by atoms with Crippen molar-refractivity contribution in [1.82, 2.24) is 9.62 Å². The first-order valence-corrected chi connectivity index (χ1v) is 10.2. The highest BCUT2D eigenvalue weighted by atomic mass is 32.2. The van der Waals surface area contributed by atoms with Gasteiger partial charge in [0, 0.05) is 24.9 Å². The zero-order valence-electron chi connectivity index (χ0n) is 12.4. The maximum atomic E-state index is 11.6. The molecule has 1 N–H and O–H groups in total. The molecule has 0 aromatic carbocycles. The van der Waals surface area contributed by atoms with Crippen LogP contribution in [0.15, 0.2) is 0 Å². The third kappa shape index (κ3) is 6.47. The Bertz CT molecular complexity index is 347. The summed E-state index contributed by atoms with van der Waals surface area (Å²) in [4.78, 5) is 0. The topological polar surface area (TPSA) is 49.4 Å². The van der Waals surface area contributed by atoms with E-state index in [9.17, 15) is 8.42 Å². The van der Waals surface area contributed by atoms with Crippen LogP contribution in [0.25, 0.3) is 0 Å². The summed E-state index contributed by atoms with van der Waals surface area (Å²) >= 11 is 1.96. The minimum atomic E-state index is -3.02. The molecular formula is C13H28N2O2S2. The average molecular weight is 309 g/mol. The van der Waals surface area contributed by atoms with Crippen LogP contribution in [0.5, 0.6) is 0 Å². The quantitative estimate of drug-likeness (QED) is 0.742. The van der Waals surface area contributed by atoms with E-state index in [4.69, 9.17) is 0 Å². The van der Waals surface area contributed by atoms with Gasteiger partial charge in [-0.25, -0.2) is 12.7 Å². The molecule has 0 amide bonds. The van der Waals surface area contributed by atoms with Gasteiger partial charge < -0.3 is 5.32 Å². The first-order chi connectivity index (χ1) is 8.97. The largest absolute Gasteiger partial charge is 0.313 e. The van der Waals surface area contributed by atoms with Gasteiger partial charge in [-0.05, 0) is 37.5 Å². The van der Waals surface area contributed by atoms with Gasteiger partial charge in [-0.1, -0.05) is 13.8 Å². The molecule has 0 aromatic heterocycles. The van der Waals surface area contributed by atoms with Crippen LogP contribution in [-0.4, -0.2) is 56.2 Å². The summed E-state index contributed by atoms with van der Waals surface area (Å²) in [5.74, 6) is 2.77. The Balaban J connectivity index is 2.49. The maximum absolute atomic E-state index is 11.6. The summed E-state index contributed by atoms with van der Waals surface area (Å²) in [5, 5.41) is 3.53. The van der Waals surface area contributed by atoms with Crippen molar-refractivity contribution in [2.75, 3.05) is 37.4 Å². The van der Waals surface area contributed by atoms with E-state index in [1.807, 2.05) is 11.8 Å². The third-order valence-electron chi connectivity index (χ3n) is 3.58. The van der Waals surface area contributed by atoms with E-state index >= 15 is 0 Å². The number of hydrogen-bond donors (Lipinski definition) is 1. The lowest BCUT2D eigenvalue weighted by atomic mass is 9.93. The second kappa shape index (κ2) is 8.49. The van der Waals surface area contributed by atoms with E-state index in [0.29, 0.717) is 25.0 Å². The smallest absolute Gasteiger partial charge is 0.211 e. The predicted molar refractivity (Wildman–Crippen MR) is 84.2 cm³/mol. The first-order valence-electron chi connectivity index (χ1n) is 7.23. The standard InChI is InChI=1S/C13H28N2O2S2/c1-4-14-13(11-18-5-2)9-12-7-6-8-15(10-12)19(3,16)17/h12-14H,4-11H2,1-3H3. The minimum Gasteiger partial charge on any atom is -0.313 e. The van der Waals surface area contributed by atoms with E-state index in [0.717, 1.165) is 37.3 Å². The molecule has 0 radical (unpaired) electrons. The molecule has 0 spiro atoms. The van der Waals surface area contributed by atoms with Gasteiger partial charge in [-0.15, -0.1) is 0 Å². The van der Waals surface area contributed by atoms with Crippen LogP contribution in [0.1, 0.15) is 33.1 Å². The van der Waals surface area contributed by atoms with E-state index in [2.05, 4.69) is 19.2 Å². The van der Waals surface area contributed by atoms with Crippen LogP contribution < -0.4 is 5.32 Å². The molecule has 114 valence electrons. The molecule has 1 aliphatic rings. The van der Waals surface area contributed by atoms with E-state index in [-0.39, 0.29) is 0 Å². The zero-order chi connectivity index (χ0) is 14.3. The highest BCUT2D eigenvalue weighted by molar-refractivity contribution is 7.99. The molecule has 4 nitrogen and oxygen atoms in total. The SMILES string of the molecule is CCNC(CSCC)CC1CCCN(S(C)(=O)=O)C1. The summed E-state index contributed by atoms with van der Waals surface area (Å²) in [7, 11) is -3.02. The van der Waals surface area contributed by atoms with Crippen LogP contribution in [0.4, 0.5) is 0 Å². The van der Waals surface area contributed by atoms with Crippen molar-refractivity contribution in [2.45, 2.75) is 39.2 Å². The average Bonchev–Trinajstić information content (AvgIpc) is 2.35. The van der Waals surface area contributed by atoms with E-state index in [1.165, 1.54) is 6.26 Å². The summed E-state index contributed by atoms with van der Waals surface area (Å²) in [5.41, 5.74) is 0. The predicted octanol–water partition coefficient (Wildman–Crippen LogP) is 1.78. The Morgan fingerprint density at radius 1 is 1.42 bits per heavy atom. The van der Waals surface area contributed by atoms with Gasteiger partial charge in [-0.2, -0.15) is 11.8 Å². The van der Waals surface area contributed by atoms with Gasteiger partial charge in [0.25, 0.3) is 0 Å². The molecule has 6 heteroatoms. The molecule has 2 atom stereocenters. The molecule has 1 rings (SSSR count). The van der Waals surface area contributed by atoms with Crippen molar-refractivity contribution in [3.8, 4) is 0 Å². The summed E-state index contributed by atoms with van der Waals surface area (Å²) < 4.78 is 24.9. The third-order valence-corrected chi connectivity index (χ3v) is 5.90. The normalized spacial score (nSPS) is 23.4. The van der Waals surface area contributed by atoms with Crippen LogP contribution in [0.2, 0.25) is 0 Å². The zero-order valence-corrected chi connectivity index (χ0v) is 14.0. The van der Waals surface area contributed by atoms with Gasteiger partial charge >= 0.3 is 0 Å². The summed E-state index contributed by atoms with van der Waals surface area (Å²) in [6.45, 7) is 6.70. The van der Waals surface area contributed by atoms with Crippen LogP contribution in [-0.2, 0) is 10.0 Å². The lowest BCUT2D eigenvalue weighted by molar-refractivity contribution is 0.242. The van der Waals surface area contributed by atoms with Crippen molar-refractivity contribution < 1.29 is 8.42 Å². The van der Waals surface area contributed by atoms with Crippen molar-refractivity contribution >= 4 is 21.8 Å². The molecule has 0 bridgehead atoms. The number of nitrogens with zero attached hydrogens (tertiary/aromatic N) is 1. The van der Waals surface area contributed by atoms with Gasteiger partial charge in [0.2, 0.25) is 10.0 Å². The van der Waals surface area contributed by atoms with Crippen LogP contribution >= 0.6 is 11.8 Å². The number of hydrogen-bond acceptors (Lipinski definition) is 4. The van der Waals surface area contributed by atoms with Crippen molar-refractivity contribution in [1.29, 1.82) is 0 Å². The van der Waals surface area contributed by atoms with E-state index in [1.54, 1.807) is 4.31 Å². The molecule has 0 saturated carbocycles. The molecule has 19 heavy (non-hydrogen) atoms. The second-order valence-corrected chi connectivity index (χ2v) is 8.58. The molecule has 0 aromatic rings. The van der Waals surface area contributed by atoms with Gasteiger partial charge in [0.15, 0.2) is 0 Å². The highest BCUT2D eigenvalue weighted by Crippen LogP contribution is 2.23. The van der Waals surface area contributed by atoms with Crippen molar-refractivity contribution in [2.24, 2.45) is 5.92 Å². The number of rotatable bonds is 8.